The van der Waals surface area contributed by atoms with E-state index < -0.39 is 0 Å². The number of rotatable bonds is 2. The molecule has 0 aliphatic heterocycles. The zero-order valence-electron chi connectivity index (χ0n) is 8.42. The van der Waals surface area contributed by atoms with Crippen LogP contribution in [0, 0.1) is 13.8 Å². The molecule has 0 spiro atoms. The van der Waals surface area contributed by atoms with E-state index in [9.17, 15) is 4.79 Å². The quantitative estimate of drug-likeness (QED) is 0.738. The Morgan fingerprint density at radius 2 is 2.00 bits per heavy atom. The molecule has 0 radical (unpaired) electrons. The van der Waals surface area contributed by atoms with Crippen LogP contribution in [0.1, 0.15) is 11.1 Å². The van der Waals surface area contributed by atoms with E-state index in [4.69, 9.17) is 4.74 Å². The summed E-state index contributed by atoms with van der Waals surface area (Å²) < 4.78 is 5.15. The number of carbonyl (C=O) groups is 1. The van der Waals surface area contributed by atoms with E-state index in [2.05, 4.69) is 17.9 Å². The zero-order valence-corrected chi connectivity index (χ0v) is 9.31. The minimum absolute atomic E-state index is 0.363. The van der Waals surface area contributed by atoms with Gasteiger partial charge in [-0.15, -0.1) is 0 Å². The summed E-state index contributed by atoms with van der Waals surface area (Å²) in [5, 5.41) is 2.27. The Hall–Kier alpha value is -1.16. The van der Waals surface area contributed by atoms with Crippen LogP contribution in [0.5, 0.6) is 5.75 Å². The maximum absolute atomic E-state index is 10.8. The number of ether oxygens (including phenoxy) is 1. The highest BCUT2D eigenvalue weighted by Crippen LogP contribution is 2.27. The van der Waals surface area contributed by atoms with Crippen molar-refractivity contribution >= 4 is 23.6 Å². The summed E-state index contributed by atoms with van der Waals surface area (Å²) in [4.78, 5) is 10.8. The standard InChI is InChI=1S/C10H13NO2S/c1-6-7(2)9(13-3)5-4-8(6)11-10(12)14/h4-5H,1-3H3,(H2,11,12,14). The van der Waals surface area contributed by atoms with E-state index in [1.165, 1.54) is 0 Å². The topological polar surface area (TPSA) is 38.3 Å². The number of hydrogen-bond acceptors (Lipinski definition) is 2. The normalized spacial score (nSPS) is 9.71. The second-order valence-electron chi connectivity index (χ2n) is 3.00. The Morgan fingerprint density at radius 3 is 2.50 bits per heavy atom. The van der Waals surface area contributed by atoms with Crippen molar-refractivity contribution < 1.29 is 9.53 Å². The van der Waals surface area contributed by atoms with Gasteiger partial charge in [0.05, 0.1) is 7.11 Å². The molecule has 0 heterocycles. The van der Waals surface area contributed by atoms with Crippen molar-refractivity contribution in [3.63, 3.8) is 0 Å². The van der Waals surface area contributed by atoms with Crippen LogP contribution in [0.3, 0.4) is 0 Å². The summed E-state index contributed by atoms with van der Waals surface area (Å²) in [6, 6.07) is 3.62. The largest absolute Gasteiger partial charge is 0.496 e. The molecule has 0 bridgehead atoms. The molecule has 1 amide bonds. The number of thiol groups is 1. The van der Waals surface area contributed by atoms with Crippen LogP contribution in [0.25, 0.3) is 0 Å². The average molecular weight is 211 g/mol. The predicted octanol–water partition coefficient (Wildman–Crippen LogP) is 2.77. The first-order valence-corrected chi connectivity index (χ1v) is 4.65. The van der Waals surface area contributed by atoms with Crippen LogP contribution in [0.2, 0.25) is 0 Å². The van der Waals surface area contributed by atoms with Crippen LogP contribution in [-0.4, -0.2) is 12.3 Å². The van der Waals surface area contributed by atoms with Crippen molar-refractivity contribution in [3.8, 4) is 5.75 Å². The van der Waals surface area contributed by atoms with Crippen molar-refractivity contribution in [1.82, 2.24) is 0 Å². The molecule has 0 atom stereocenters. The first-order chi connectivity index (χ1) is 6.56. The smallest absolute Gasteiger partial charge is 0.280 e. The Bertz CT molecular complexity index is 363. The number of nitrogens with one attached hydrogen (secondary N) is 1. The van der Waals surface area contributed by atoms with E-state index >= 15 is 0 Å². The van der Waals surface area contributed by atoms with Gasteiger partial charge in [-0.3, -0.25) is 4.79 Å². The fourth-order valence-electron chi connectivity index (χ4n) is 1.27. The van der Waals surface area contributed by atoms with E-state index in [-0.39, 0.29) is 5.24 Å². The third-order valence-electron chi connectivity index (χ3n) is 2.20. The molecule has 0 aliphatic carbocycles. The molecule has 4 heteroatoms. The summed E-state index contributed by atoms with van der Waals surface area (Å²) in [5.41, 5.74) is 2.78. The molecule has 14 heavy (non-hydrogen) atoms. The molecule has 1 rings (SSSR count). The van der Waals surface area contributed by atoms with Gasteiger partial charge in [-0.2, -0.15) is 0 Å². The molecule has 1 aromatic rings. The number of carbonyl (C=O) groups excluding carboxylic acids is 1. The summed E-state index contributed by atoms with van der Waals surface area (Å²) in [6.45, 7) is 3.87. The molecule has 0 saturated carbocycles. The number of methoxy groups -OCH3 is 1. The Morgan fingerprint density at radius 1 is 1.36 bits per heavy atom. The lowest BCUT2D eigenvalue weighted by molar-refractivity contribution is 0.270. The lowest BCUT2D eigenvalue weighted by Crippen LogP contribution is -2.04. The van der Waals surface area contributed by atoms with Gasteiger partial charge >= 0.3 is 0 Å². The maximum atomic E-state index is 10.8. The Balaban J connectivity index is 3.10. The molecule has 0 fully saturated rings. The third kappa shape index (κ3) is 2.20. The molecule has 0 aliphatic rings. The fraction of sp³-hybridized carbons (Fsp3) is 0.300. The van der Waals surface area contributed by atoms with Crippen molar-refractivity contribution in [2.24, 2.45) is 0 Å². The first kappa shape index (κ1) is 10.9. The third-order valence-corrected chi connectivity index (χ3v) is 2.31. The SMILES string of the molecule is COc1ccc(NC(=O)S)c(C)c1C. The highest BCUT2D eigenvalue weighted by molar-refractivity contribution is 7.96. The highest BCUT2D eigenvalue weighted by Gasteiger charge is 2.07. The molecule has 1 aromatic carbocycles. The van der Waals surface area contributed by atoms with E-state index in [0.29, 0.717) is 0 Å². The molecule has 3 nitrogen and oxygen atoms in total. The van der Waals surface area contributed by atoms with Gasteiger partial charge in [0.1, 0.15) is 5.75 Å². The van der Waals surface area contributed by atoms with Crippen LogP contribution >= 0.6 is 12.6 Å². The monoisotopic (exact) mass is 211 g/mol. The van der Waals surface area contributed by atoms with Crippen LogP contribution in [0.15, 0.2) is 12.1 Å². The number of anilines is 1. The van der Waals surface area contributed by atoms with Crippen molar-refractivity contribution in [1.29, 1.82) is 0 Å². The number of hydrogen-bond donors (Lipinski definition) is 2. The fourth-order valence-corrected chi connectivity index (χ4v) is 1.39. The van der Waals surface area contributed by atoms with Gasteiger partial charge in [-0.25, -0.2) is 0 Å². The first-order valence-electron chi connectivity index (χ1n) is 4.20. The minimum Gasteiger partial charge on any atom is -0.496 e. The van der Waals surface area contributed by atoms with Gasteiger partial charge < -0.3 is 10.1 Å². The molecule has 76 valence electrons. The second kappa shape index (κ2) is 4.37. The van der Waals surface area contributed by atoms with E-state index in [1.54, 1.807) is 13.2 Å². The summed E-state index contributed by atoms with van der Waals surface area (Å²) >= 11 is 3.66. The molecule has 0 aromatic heterocycles. The van der Waals surface area contributed by atoms with Gasteiger partial charge in [0.25, 0.3) is 5.24 Å². The van der Waals surface area contributed by atoms with Crippen LogP contribution < -0.4 is 10.1 Å². The second-order valence-corrected chi connectivity index (χ2v) is 3.40. The summed E-state index contributed by atoms with van der Waals surface area (Å²) in [7, 11) is 1.62. The highest BCUT2D eigenvalue weighted by atomic mass is 32.1. The zero-order chi connectivity index (χ0) is 10.7. The number of benzene rings is 1. The maximum Gasteiger partial charge on any atom is 0.280 e. The molecule has 0 unspecified atom stereocenters. The van der Waals surface area contributed by atoms with E-state index in [0.717, 1.165) is 22.6 Å². The van der Waals surface area contributed by atoms with Crippen molar-refractivity contribution in [2.75, 3.05) is 12.4 Å². The Kier molecular flexibility index (Phi) is 3.41. The predicted molar refractivity (Wildman–Crippen MR) is 60.5 cm³/mol. The molecule has 1 N–H and O–H groups in total. The summed E-state index contributed by atoms with van der Waals surface area (Å²) in [5.74, 6) is 0.819. The minimum atomic E-state index is -0.363. The van der Waals surface area contributed by atoms with Gasteiger partial charge in [-0.1, -0.05) is 12.6 Å². The Labute approximate surface area is 88.9 Å². The lowest BCUT2D eigenvalue weighted by atomic mass is 10.1. The van der Waals surface area contributed by atoms with Crippen molar-refractivity contribution in [2.45, 2.75) is 13.8 Å². The molecule has 0 saturated heterocycles. The van der Waals surface area contributed by atoms with Gasteiger partial charge in [0.2, 0.25) is 0 Å². The molecular weight excluding hydrogens is 198 g/mol. The van der Waals surface area contributed by atoms with Gasteiger partial charge in [-0.05, 0) is 37.1 Å². The van der Waals surface area contributed by atoms with Crippen LogP contribution in [-0.2, 0) is 0 Å². The van der Waals surface area contributed by atoms with Gasteiger partial charge in [0, 0.05) is 5.69 Å². The van der Waals surface area contributed by atoms with Gasteiger partial charge in [0.15, 0.2) is 0 Å². The lowest BCUT2D eigenvalue weighted by Gasteiger charge is -2.12. The summed E-state index contributed by atoms with van der Waals surface area (Å²) in [6.07, 6.45) is 0. The molecular formula is C10H13NO2S. The number of amides is 1. The average Bonchev–Trinajstić information content (AvgIpc) is 2.13. The van der Waals surface area contributed by atoms with Crippen molar-refractivity contribution in [3.05, 3.63) is 23.3 Å². The van der Waals surface area contributed by atoms with Crippen LogP contribution in [0.4, 0.5) is 10.5 Å². The van der Waals surface area contributed by atoms with E-state index in [1.807, 2.05) is 19.9 Å².